The van der Waals surface area contributed by atoms with Gasteiger partial charge in [0.1, 0.15) is 11.4 Å². The summed E-state index contributed by atoms with van der Waals surface area (Å²) in [4.78, 5) is 32.7. The van der Waals surface area contributed by atoms with E-state index in [9.17, 15) is 18.4 Å². The number of nitrogens with zero attached hydrogens (tertiary/aromatic N) is 2. The van der Waals surface area contributed by atoms with Crippen molar-refractivity contribution in [3.05, 3.63) is 106 Å². The molecule has 6 nitrogen and oxygen atoms in total. The van der Waals surface area contributed by atoms with Crippen molar-refractivity contribution in [3.63, 3.8) is 0 Å². The van der Waals surface area contributed by atoms with E-state index in [1.807, 2.05) is 47.4 Å². The van der Waals surface area contributed by atoms with E-state index < -0.39 is 5.92 Å². The SMILES string of the molecule is COc1ccccc1CCCNC(=O)c1csc(C2CCN(C(=O)c3ccccc3-c3ccc(C(C)(F)F)cc3)CC2)n1. The molecule has 2 amide bonds. The molecule has 1 aromatic heterocycles. The lowest BCUT2D eigenvalue weighted by Gasteiger charge is -2.31. The van der Waals surface area contributed by atoms with Crippen LogP contribution in [0, 0.1) is 0 Å². The number of thiazole rings is 1. The molecule has 4 aromatic rings. The minimum Gasteiger partial charge on any atom is -0.496 e. The summed E-state index contributed by atoms with van der Waals surface area (Å²) >= 11 is 1.49. The molecule has 224 valence electrons. The van der Waals surface area contributed by atoms with Crippen LogP contribution >= 0.6 is 11.3 Å². The Kier molecular flexibility index (Phi) is 9.50. The lowest BCUT2D eigenvalue weighted by molar-refractivity contribution is 0.0175. The average Bonchev–Trinajstić information content (AvgIpc) is 3.53. The Balaban J connectivity index is 1.14. The lowest BCUT2D eigenvalue weighted by atomic mass is 9.94. The number of hydrogen-bond acceptors (Lipinski definition) is 5. The van der Waals surface area contributed by atoms with Crippen LogP contribution in [0.2, 0.25) is 0 Å². The van der Waals surface area contributed by atoms with E-state index in [1.54, 1.807) is 30.7 Å². The van der Waals surface area contributed by atoms with Crippen LogP contribution < -0.4 is 10.1 Å². The molecule has 0 radical (unpaired) electrons. The van der Waals surface area contributed by atoms with E-state index in [4.69, 9.17) is 4.74 Å². The van der Waals surface area contributed by atoms with E-state index in [0.717, 1.165) is 60.1 Å². The van der Waals surface area contributed by atoms with Gasteiger partial charge in [0.25, 0.3) is 17.7 Å². The van der Waals surface area contributed by atoms with Gasteiger partial charge < -0.3 is 15.0 Å². The second kappa shape index (κ2) is 13.5. The molecular formula is C34H35F2N3O3S. The zero-order valence-electron chi connectivity index (χ0n) is 24.3. The quantitative estimate of drug-likeness (QED) is 0.193. The predicted octanol–water partition coefficient (Wildman–Crippen LogP) is 7.31. The molecule has 0 atom stereocenters. The van der Waals surface area contributed by atoms with Crippen LogP contribution in [0.3, 0.4) is 0 Å². The number of aryl methyl sites for hydroxylation is 1. The molecule has 1 N–H and O–H groups in total. The maximum absolute atomic E-state index is 13.7. The summed E-state index contributed by atoms with van der Waals surface area (Å²) in [5.74, 6) is -2.14. The van der Waals surface area contributed by atoms with Gasteiger partial charge in [0.05, 0.1) is 12.1 Å². The molecular weight excluding hydrogens is 568 g/mol. The van der Waals surface area contributed by atoms with E-state index in [0.29, 0.717) is 30.9 Å². The minimum absolute atomic E-state index is 0.0611. The molecule has 0 aliphatic carbocycles. The monoisotopic (exact) mass is 603 g/mol. The van der Waals surface area contributed by atoms with Crippen molar-refractivity contribution in [1.82, 2.24) is 15.2 Å². The van der Waals surface area contributed by atoms with Gasteiger partial charge in [0.15, 0.2) is 0 Å². The summed E-state index contributed by atoms with van der Waals surface area (Å²) in [6, 6.07) is 21.3. The van der Waals surface area contributed by atoms with Gasteiger partial charge in [-0.15, -0.1) is 11.3 Å². The number of hydrogen-bond donors (Lipinski definition) is 1. The number of carbonyl (C=O) groups is 2. The number of methoxy groups -OCH3 is 1. The molecule has 9 heteroatoms. The van der Waals surface area contributed by atoms with Crippen LogP contribution in [-0.2, 0) is 12.3 Å². The van der Waals surface area contributed by atoms with Gasteiger partial charge in [-0.3, -0.25) is 9.59 Å². The fourth-order valence-corrected chi connectivity index (χ4v) is 6.40. The third-order valence-electron chi connectivity index (χ3n) is 7.85. The van der Waals surface area contributed by atoms with Crippen molar-refractivity contribution < 1.29 is 23.1 Å². The predicted molar refractivity (Wildman–Crippen MR) is 165 cm³/mol. The second-order valence-corrected chi connectivity index (χ2v) is 11.7. The summed E-state index contributed by atoms with van der Waals surface area (Å²) in [6.07, 6.45) is 3.10. The second-order valence-electron chi connectivity index (χ2n) is 10.8. The summed E-state index contributed by atoms with van der Waals surface area (Å²) in [6.45, 7) is 2.56. The maximum Gasteiger partial charge on any atom is 0.270 e. The zero-order valence-corrected chi connectivity index (χ0v) is 25.1. The number of carbonyl (C=O) groups excluding carboxylic acids is 2. The van der Waals surface area contributed by atoms with Crippen molar-refractivity contribution in [3.8, 4) is 16.9 Å². The first-order valence-corrected chi connectivity index (χ1v) is 15.3. The molecule has 43 heavy (non-hydrogen) atoms. The van der Waals surface area contributed by atoms with Gasteiger partial charge in [0.2, 0.25) is 0 Å². The molecule has 0 unspecified atom stereocenters. The topological polar surface area (TPSA) is 71.5 Å². The molecule has 2 heterocycles. The number of alkyl halides is 2. The average molecular weight is 604 g/mol. The summed E-state index contributed by atoms with van der Waals surface area (Å²) in [7, 11) is 1.66. The van der Waals surface area contributed by atoms with Crippen LogP contribution in [0.15, 0.2) is 78.2 Å². The van der Waals surface area contributed by atoms with Crippen molar-refractivity contribution in [1.29, 1.82) is 0 Å². The van der Waals surface area contributed by atoms with E-state index in [-0.39, 0.29) is 23.3 Å². The Bertz CT molecular complexity index is 1560. The smallest absolute Gasteiger partial charge is 0.270 e. The molecule has 1 fully saturated rings. The third kappa shape index (κ3) is 7.28. The molecule has 1 aliphatic rings. The Hall–Kier alpha value is -4.11. The van der Waals surface area contributed by atoms with Crippen LogP contribution in [-0.4, -0.2) is 48.4 Å². The summed E-state index contributed by atoms with van der Waals surface area (Å²) in [5.41, 5.74) is 3.47. The third-order valence-corrected chi connectivity index (χ3v) is 8.85. The summed E-state index contributed by atoms with van der Waals surface area (Å²) in [5, 5.41) is 5.69. The Morgan fingerprint density at radius 1 is 1.02 bits per heavy atom. The van der Waals surface area contributed by atoms with Gasteiger partial charge in [-0.25, -0.2) is 13.8 Å². The van der Waals surface area contributed by atoms with E-state index in [2.05, 4.69) is 10.3 Å². The van der Waals surface area contributed by atoms with Crippen LogP contribution in [0.5, 0.6) is 5.75 Å². The number of rotatable bonds is 10. The first-order chi connectivity index (χ1) is 20.7. The van der Waals surface area contributed by atoms with E-state index in [1.165, 1.54) is 23.5 Å². The largest absolute Gasteiger partial charge is 0.496 e. The van der Waals surface area contributed by atoms with E-state index >= 15 is 0 Å². The Labute approximate surface area is 254 Å². The lowest BCUT2D eigenvalue weighted by Crippen LogP contribution is -2.38. The number of para-hydroxylation sites is 1. The number of halogens is 2. The highest BCUT2D eigenvalue weighted by atomic mass is 32.1. The molecule has 3 aromatic carbocycles. The van der Waals surface area contributed by atoms with Crippen molar-refractivity contribution in [2.75, 3.05) is 26.7 Å². The Morgan fingerprint density at radius 2 is 1.72 bits per heavy atom. The first kappa shape index (κ1) is 30.4. The molecule has 0 saturated carbocycles. The fraction of sp³-hybridized carbons (Fsp3) is 0.324. The molecule has 5 rings (SSSR count). The molecule has 0 spiro atoms. The Morgan fingerprint density at radius 3 is 2.44 bits per heavy atom. The maximum atomic E-state index is 13.7. The number of piperidine rings is 1. The van der Waals surface area contributed by atoms with Crippen molar-refractivity contribution >= 4 is 23.2 Å². The number of aromatic nitrogens is 1. The van der Waals surface area contributed by atoms with Gasteiger partial charge in [-0.1, -0.05) is 60.7 Å². The highest BCUT2D eigenvalue weighted by Gasteiger charge is 2.28. The standard InChI is InChI=1S/C34H35F2N3O3S/c1-34(35,36)26-15-13-23(14-16-26)27-10-4-5-11-28(27)33(41)39-20-17-25(18-21-39)32-38-29(22-43-32)31(40)37-19-7-9-24-8-3-6-12-30(24)42-2/h3-6,8,10-16,22,25H,7,9,17-21H2,1-2H3,(H,37,40). The van der Waals surface area contributed by atoms with Crippen LogP contribution in [0.25, 0.3) is 11.1 Å². The summed E-state index contributed by atoms with van der Waals surface area (Å²) < 4.78 is 32.8. The highest BCUT2D eigenvalue weighted by Crippen LogP contribution is 2.33. The van der Waals surface area contributed by atoms with Gasteiger partial charge in [0, 0.05) is 49.0 Å². The van der Waals surface area contributed by atoms with Crippen LogP contribution in [0.1, 0.15) is 69.1 Å². The van der Waals surface area contributed by atoms with Gasteiger partial charge in [-0.05, 0) is 54.5 Å². The van der Waals surface area contributed by atoms with Crippen molar-refractivity contribution in [2.45, 2.75) is 44.4 Å². The molecule has 1 aliphatic heterocycles. The number of nitrogens with one attached hydrogen (secondary N) is 1. The highest BCUT2D eigenvalue weighted by molar-refractivity contribution is 7.09. The number of ether oxygens (including phenoxy) is 1. The normalized spacial score (nSPS) is 14.0. The fourth-order valence-electron chi connectivity index (χ4n) is 5.42. The van der Waals surface area contributed by atoms with Gasteiger partial charge >= 0.3 is 0 Å². The van der Waals surface area contributed by atoms with Crippen molar-refractivity contribution in [2.24, 2.45) is 0 Å². The number of amides is 2. The van der Waals surface area contributed by atoms with Crippen LogP contribution in [0.4, 0.5) is 8.78 Å². The van der Waals surface area contributed by atoms with Gasteiger partial charge in [-0.2, -0.15) is 0 Å². The number of benzene rings is 3. The minimum atomic E-state index is -2.92. The first-order valence-electron chi connectivity index (χ1n) is 14.5. The number of likely N-dealkylation sites (tertiary alicyclic amines) is 1. The molecule has 1 saturated heterocycles. The molecule has 0 bridgehead atoms. The zero-order chi connectivity index (χ0) is 30.4.